The molecule has 1 amide bonds. The summed E-state index contributed by atoms with van der Waals surface area (Å²) in [4.78, 5) is 12.6. The summed E-state index contributed by atoms with van der Waals surface area (Å²) in [6.45, 7) is 0.624. The number of primary amides is 1. The van der Waals surface area contributed by atoms with Gasteiger partial charge in [0, 0.05) is 11.4 Å². The van der Waals surface area contributed by atoms with Crippen LogP contribution in [0.2, 0.25) is 0 Å². The molecule has 1 aromatic carbocycles. The lowest BCUT2D eigenvalue weighted by atomic mass is 10.1. The zero-order valence-corrected chi connectivity index (χ0v) is 12.0. The second kappa shape index (κ2) is 6.13. The summed E-state index contributed by atoms with van der Waals surface area (Å²) in [5.41, 5.74) is 6.32. The number of carbonyl (C=O) groups is 1. The molecule has 18 heavy (non-hydrogen) atoms. The van der Waals surface area contributed by atoms with Gasteiger partial charge < -0.3 is 5.73 Å². The van der Waals surface area contributed by atoms with Gasteiger partial charge in [-0.15, -0.1) is 11.3 Å². The van der Waals surface area contributed by atoms with Gasteiger partial charge >= 0.3 is 0 Å². The van der Waals surface area contributed by atoms with Crippen LogP contribution >= 0.6 is 27.3 Å². The van der Waals surface area contributed by atoms with Crippen molar-refractivity contribution >= 4 is 33.2 Å². The number of thiophene rings is 1. The second-order valence-electron chi connectivity index (χ2n) is 3.83. The van der Waals surface area contributed by atoms with E-state index in [1.165, 1.54) is 0 Å². The molecule has 3 N–H and O–H groups in total. The number of carbonyl (C=O) groups excluding carboxylic acids is 1. The number of nitrogens with two attached hydrogens (primary N) is 1. The highest BCUT2D eigenvalue weighted by molar-refractivity contribution is 9.11. The van der Waals surface area contributed by atoms with Gasteiger partial charge in [-0.25, -0.2) is 0 Å². The first-order valence-electron chi connectivity index (χ1n) is 5.48. The summed E-state index contributed by atoms with van der Waals surface area (Å²) in [7, 11) is 0. The summed E-state index contributed by atoms with van der Waals surface area (Å²) in [6.07, 6.45) is 0. The average molecular weight is 325 g/mol. The van der Waals surface area contributed by atoms with E-state index < -0.39 is 6.04 Å². The van der Waals surface area contributed by atoms with Gasteiger partial charge in [0.15, 0.2) is 0 Å². The Morgan fingerprint density at radius 2 is 2.00 bits per heavy atom. The first-order valence-corrected chi connectivity index (χ1v) is 7.09. The van der Waals surface area contributed by atoms with Gasteiger partial charge in [-0.05, 0) is 33.6 Å². The molecule has 1 aromatic heterocycles. The first kappa shape index (κ1) is 13.3. The summed E-state index contributed by atoms with van der Waals surface area (Å²) in [5.74, 6) is -0.364. The Morgan fingerprint density at radius 3 is 2.56 bits per heavy atom. The predicted molar refractivity (Wildman–Crippen MR) is 77.2 cm³/mol. The van der Waals surface area contributed by atoms with Crippen molar-refractivity contribution < 1.29 is 4.79 Å². The van der Waals surface area contributed by atoms with Crippen LogP contribution in [0.3, 0.4) is 0 Å². The molecule has 0 aliphatic carbocycles. The molecule has 0 aliphatic rings. The van der Waals surface area contributed by atoms with E-state index in [0.717, 1.165) is 14.2 Å². The molecule has 0 saturated heterocycles. The van der Waals surface area contributed by atoms with E-state index in [2.05, 4.69) is 21.2 Å². The van der Waals surface area contributed by atoms with E-state index in [4.69, 9.17) is 5.73 Å². The minimum atomic E-state index is -0.452. The van der Waals surface area contributed by atoms with Crippen LogP contribution in [0.25, 0.3) is 0 Å². The van der Waals surface area contributed by atoms with Crippen LogP contribution < -0.4 is 11.1 Å². The molecule has 0 unspecified atom stereocenters. The molecule has 1 heterocycles. The fraction of sp³-hybridized carbons (Fsp3) is 0.154. The van der Waals surface area contributed by atoms with E-state index in [-0.39, 0.29) is 5.91 Å². The zero-order valence-electron chi connectivity index (χ0n) is 9.60. The Hall–Kier alpha value is -1.17. The molecule has 0 spiro atoms. The molecule has 1 atom stereocenters. The van der Waals surface area contributed by atoms with Crippen molar-refractivity contribution in [2.75, 3.05) is 0 Å². The maximum absolute atomic E-state index is 11.5. The van der Waals surface area contributed by atoms with Crippen molar-refractivity contribution in [3.63, 3.8) is 0 Å². The highest BCUT2D eigenvalue weighted by Crippen LogP contribution is 2.22. The van der Waals surface area contributed by atoms with Crippen molar-refractivity contribution in [2.45, 2.75) is 12.6 Å². The van der Waals surface area contributed by atoms with Crippen molar-refractivity contribution in [1.29, 1.82) is 0 Å². The van der Waals surface area contributed by atoms with Gasteiger partial charge in [0.05, 0.1) is 3.79 Å². The van der Waals surface area contributed by atoms with Crippen LogP contribution in [-0.4, -0.2) is 5.91 Å². The fourth-order valence-electron chi connectivity index (χ4n) is 1.68. The van der Waals surface area contributed by atoms with Gasteiger partial charge in [-0.1, -0.05) is 30.3 Å². The molecule has 0 saturated carbocycles. The number of halogens is 1. The highest BCUT2D eigenvalue weighted by Gasteiger charge is 2.16. The Labute approximate surface area is 118 Å². The molecule has 0 fully saturated rings. The summed E-state index contributed by atoms with van der Waals surface area (Å²) in [5, 5.41) is 3.18. The van der Waals surface area contributed by atoms with Crippen LogP contribution in [-0.2, 0) is 11.3 Å². The molecule has 2 aromatic rings. The van der Waals surface area contributed by atoms with Gasteiger partial charge in [-0.3, -0.25) is 10.1 Å². The summed E-state index contributed by atoms with van der Waals surface area (Å²) < 4.78 is 1.08. The lowest BCUT2D eigenvalue weighted by molar-refractivity contribution is -0.120. The standard InChI is InChI=1S/C13H13BrN2OS/c14-11-7-6-10(18-11)8-16-12(13(15)17)9-4-2-1-3-5-9/h1-7,12,16H,8H2,(H2,15,17)/t12-/m0/s1. The van der Waals surface area contributed by atoms with E-state index in [9.17, 15) is 4.79 Å². The normalized spacial score (nSPS) is 12.3. The molecule has 5 heteroatoms. The quantitative estimate of drug-likeness (QED) is 0.888. The second-order valence-corrected chi connectivity index (χ2v) is 6.38. The average Bonchev–Trinajstić information content (AvgIpc) is 2.76. The van der Waals surface area contributed by atoms with Gasteiger partial charge in [0.25, 0.3) is 0 Å². The fourth-order valence-corrected chi connectivity index (χ4v) is 3.11. The van der Waals surface area contributed by atoms with Crippen molar-refractivity contribution in [3.05, 3.63) is 56.7 Å². The number of amides is 1. The smallest absolute Gasteiger partial charge is 0.239 e. The lowest BCUT2D eigenvalue weighted by Gasteiger charge is -2.15. The maximum atomic E-state index is 11.5. The molecule has 0 aliphatic heterocycles. The Balaban J connectivity index is 2.06. The van der Waals surface area contributed by atoms with Gasteiger partial charge in [-0.2, -0.15) is 0 Å². The molecular formula is C13H13BrN2OS. The number of hydrogen-bond donors (Lipinski definition) is 2. The number of rotatable bonds is 5. The Kier molecular flexibility index (Phi) is 4.52. The van der Waals surface area contributed by atoms with Crippen LogP contribution in [0.15, 0.2) is 46.3 Å². The van der Waals surface area contributed by atoms with Crippen LogP contribution in [0.5, 0.6) is 0 Å². The SMILES string of the molecule is NC(=O)[C@@H](NCc1ccc(Br)s1)c1ccccc1. The Morgan fingerprint density at radius 1 is 1.28 bits per heavy atom. The summed E-state index contributed by atoms with van der Waals surface area (Å²) >= 11 is 5.05. The van der Waals surface area contributed by atoms with E-state index in [1.807, 2.05) is 42.5 Å². The number of nitrogens with one attached hydrogen (secondary N) is 1. The maximum Gasteiger partial charge on any atom is 0.239 e. The van der Waals surface area contributed by atoms with Gasteiger partial charge in [0.2, 0.25) is 5.91 Å². The van der Waals surface area contributed by atoms with E-state index >= 15 is 0 Å². The molecule has 3 nitrogen and oxygen atoms in total. The van der Waals surface area contributed by atoms with Crippen LogP contribution in [0, 0.1) is 0 Å². The van der Waals surface area contributed by atoms with Crippen molar-refractivity contribution in [1.82, 2.24) is 5.32 Å². The minimum Gasteiger partial charge on any atom is -0.368 e. The van der Waals surface area contributed by atoms with Crippen molar-refractivity contribution in [3.8, 4) is 0 Å². The molecule has 0 bridgehead atoms. The number of hydrogen-bond acceptors (Lipinski definition) is 3. The topological polar surface area (TPSA) is 55.1 Å². The largest absolute Gasteiger partial charge is 0.368 e. The molecule has 0 radical (unpaired) electrons. The monoisotopic (exact) mass is 324 g/mol. The zero-order chi connectivity index (χ0) is 13.0. The lowest BCUT2D eigenvalue weighted by Crippen LogP contribution is -2.33. The number of benzene rings is 1. The van der Waals surface area contributed by atoms with E-state index in [0.29, 0.717) is 6.54 Å². The Bertz CT molecular complexity index is 527. The third-order valence-electron chi connectivity index (χ3n) is 2.53. The van der Waals surface area contributed by atoms with Gasteiger partial charge in [0.1, 0.15) is 6.04 Å². The van der Waals surface area contributed by atoms with Crippen LogP contribution in [0.1, 0.15) is 16.5 Å². The highest BCUT2D eigenvalue weighted by atomic mass is 79.9. The minimum absolute atomic E-state index is 0.364. The first-order chi connectivity index (χ1) is 8.66. The molecule has 2 rings (SSSR count). The third kappa shape index (κ3) is 3.41. The third-order valence-corrected chi connectivity index (χ3v) is 4.15. The molecule has 94 valence electrons. The summed E-state index contributed by atoms with van der Waals surface area (Å²) in [6, 6.07) is 13.1. The van der Waals surface area contributed by atoms with Crippen molar-refractivity contribution in [2.24, 2.45) is 5.73 Å². The predicted octanol–water partition coefficient (Wildman–Crippen LogP) is 2.83. The van der Waals surface area contributed by atoms with E-state index in [1.54, 1.807) is 11.3 Å². The molecular weight excluding hydrogens is 312 g/mol. The van der Waals surface area contributed by atoms with Crippen LogP contribution in [0.4, 0.5) is 0 Å².